The zero-order valence-corrected chi connectivity index (χ0v) is 25.2. The summed E-state index contributed by atoms with van der Waals surface area (Å²) in [5.41, 5.74) is -1.00. The molecule has 4 aliphatic heterocycles. The van der Waals surface area contributed by atoms with Crippen LogP contribution >= 0.6 is 11.8 Å². The van der Waals surface area contributed by atoms with Gasteiger partial charge < -0.3 is 47.4 Å². The smallest absolute Gasteiger partial charge is 0.303 e. The second-order valence-corrected chi connectivity index (χ2v) is 12.3. The number of hydrogen-bond donors (Lipinski definition) is 0. The van der Waals surface area contributed by atoms with Crippen molar-refractivity contribution in [2.45, 2.75) is 121 Å². The number of carbonyl (C=O) groups excluding carboxylic acids is 4. The van der Waals surface area contributed by atoms with Gasteiger partial charge in [0, 0.05) is 27.7 Å². The third-order valence-corrected chi connectivity index (χ3v) is 7.95. The van der Waals surface area contributed by atoms with E-state index in [-0.39, 0.29) is 25.1 Å². The molecule has 4 saturated heterocycles. The van der Waals surface area contributed by atoms with Crippen LogP contribution in [0.3, 0.4) is 0 Å². The first-order valence-corrected chi connectivity index (χ1v) is 14.4. The average Bonchev–Trinajstić information content (AvgIpc) is 3.29. The monoisotopic (exact) mass is 606 g/mol. The van der Waals surface area contributed by atoms with E-state index in [1.807, 2.05) is 0 Å². The summed E-state index contributed by atoms with van der Waals surface area (Å²) in [6, 6.07) is 0. The maximum atomic E-state index is 12.2. The van der Waals surface area contributed by atoms with Gasteiger partial charge in [0.2, 0.25) is 5.79 Å². The summed E-state index contributed by atoms with van der Waals surface area (Å²) in [6.45, 7) is 11.7. The lowest BCUT2D eigenvalue weighted by atomic mass is 9.98. The van der Waals surface area contributed by atoms with Crippen LogP contribution in [0.5, 0.6) is 0 Å². The van der Waals surface area contributed by atoms with Crippen LogP contribution in [0, 0.1) is 0 Å². The Morgan fingerprint density at radius 2 is 1.39 bits per heavy atom. The van der Waals surface area contributed by atoms with Crippen molar-refractivity contribution in [3.8, 4) is 0 Å². The minimum absolute atomic E-state index is 0.0991. The number of hydrogen-bond acceptors (Lipinski definition) is 15. The molecule has 0 N–H and O–H groups in total. The van der Waals surface area contributed by atoms with Gasteiger partial charge in [-0.2, -0.15) is 0 Å². The molecule has 0 radical (unpaired) electrons. The highest BCUT2D eigenvalue weighted by Gasteiger charge is 2.66. The molecule has 232 valence electrons. The Morgan fingerprint density at radius 1 is 0.780 bits per heavy atom. The van der Waals surface area contributed by atoms with E-state index in [9.17, 15) is 19.2 Å². The van der Waals surface area contributed by atoms with Crippen molar-refractivity contribution < 1.29 is 66.5 Å². The number of ether oxygens (including phenoxy) is 10. The Bertz CT molecular complexity index is 1030. The van der Waals surface area contributed by atoms with Gasteiger partial charge in [-0.05, 0) is 27.7 Å². The molecule has 15 heteroatoms. The second kappa shape index (κ2) is 11.9. The normalized spacial score (nSPS) is 38.7. The largest absolute Gasteiger partial charge is 0.463 e. The highest BCUT2D eigenvalue weighted by atomic mass is 32.2. The predicted molar refractivity (Wildman–Crippen MR) is 137 cm³/mol. The van der Waals surface area contributed by atoms with Crippen LogP contribution < -0.4 is 0 Å². The third kappa shape index (κ3) is 7.32. The molecule has 0 bridgehead atoms. The number of thioether (sulfide) groups is 1. The van der Waals surface area contributed by atoms with Crippen LogP contribution in [-0.2, 0) is 66.5 Å². The van der Waals surface area contributed by atoms with Crippen molar-refractivity contribution in [3.63, 3.8) is 0 Å². The number of rotatable bonds is 8. The van der Waals surface area contributed by atoms with Crippen molar-refractivity contribution in [2.24, 2.45) is 0 Å². The van der Waals surface area contributed by atoms with Gasteiger partial charge >= 0.3 is 23.9 Å². The molecule has 4 heterocycles. The van der Waals surface area contributed by atoms with Crippen LogP contribution in [0.2, 0.25) is 0 Å². The van der Waals surface area contributed by atoms with Gasteiger partial charge in [0.15, 0.2) is 29.9 Å². The Labute approximate surface area is 242 Å². The van der Waals surface area contributed by atoms with E-state index in [0.29, 0.717) is 0 Å². The van der Waals surface area contributed by atoms with E-state index >= 15 is 0 Å². The molecule has 0 aromatic rings. The molecule has 0 saturated carbocycles. The number of carbonyl (C=O) groups is 4. The standard InChI is InChI=1S/C26H38O14S/c1-12(27)31-9-16-18(33-13(2)28)20(34-14(3)29)21(35-15(4)30)23(36-16)41-11-26-22(39-25(7,8)40-26)19-17(10-32-26)37-24(5,6)38-19/h16-23H,9-11H2,1-8H3/t16-,17-,18-,19-,20+,21-,22+,23-,26+/m1/s1. The Hall–Kier alpha value is -2.01. The highest BCUT2D eigenvalue weighted by molar-refractivity contribution is 7.99. The van der Waals surface area contributed by atoms with Crippen molar-refractivity contribution in [1.82, 2.24) is 0 Å². The van der Waals surface area contributed by atoms with Crippen LogP contribution in [0.25, 0.3) is 0 Å². The van der Waals surface area contributed by atoms with Crippen molar-refractivity contribution in [2.75, 3.05) is 19.0 Å². The average molecular weight is 607 g/mol. The van der Waals surface area contributed by atoms with E-state index < -0.39 is 83.3 Å². The minimum atomic E-state index is -1.31. The quantitative estimate of drug-likeness (QED) is 0.286. The van der Waals surface area contributed by atoms with Gasteiger partial charge in [-0.1, -0.05) is 0 Å². The van der Waals surface area contributed by atoms with Crippen LogP contribution in [0.15, 0.2) is 0 Å². The summed E-state index contributed by atoms with van der Waals surface area (Å²) in [6.07, 6.45) is -6.35. The first-order valence-electron chi connectivity index (χ1n) is 13.3. The molecular weight excluding hydrogens is 568 g/mol. The predicted octanol–water partition coefficient (Wildman–Crippen LogP) is 1.20. The van der Waals surface area contributed by atoms with Gasteiger partial charge in [-0.3, -0.25) is 19.2 Å². The van der Waals surface area contributed by atoms with E-state index in [4.69, 9.17) is 47.4 Å². The van der Waals surface area contributed by atoms with Crippen LogP contribution in [-0.4, -0.2) is 108 Å². The molecule has 4 fully saturated rings. The fraction of sp³-hybridized carbons (Fsp3) is 0.846. The highest BCUT2D eigenvalue weighted by Crippen LogP contribution is 2.49. The first-order chi connectivity index (χ1) is 19.0. The molecule has 4 rings (SSSR count). The Morgan fingerprint density at radius 3 is 2.00 bits per heavy atom. The van der Waals surface area contributed by atoms with Gasteiger partial charge in [0.1, 0.15) is 36.5 Å². The Balaban J connectivity index is 1.63. The fourth-order valence-electron chi connectivity index (χ4n) is 5.47. The van der Waals surface area contributed by atoms with Crippen molar-refractivity contribution >= 4 is 35.6 Å². The molecule has 14 nitrogen and oxygen atoms in total. The van der Waals surface area contributed by atoms with E-state index in [0.717, 1.165) is 18.7 Å². The topological polar surface area (TPSA) is 161 Å². The molecule has 9 atom stereocenters. The Kier molecular flexibility index (Phi) is 9.29. The van der Waals surface area contributed by atoms with Crippen molar-refractivity contribution in [3.05, 3.63) is 0 Å². The summed E-state index contributed by atoms with van der Waals surface area (Å²) >= 11 is 1.15. The molecule has 0 aromatic heterocycles. The van der Waals surface area contributed by atoms with Gasteiger partial charge in [-0.25, -0.2) is 0 Å². The van der Waals surface area contributed by atoms with Crippen LogP contribution in [0.4, 0.5) is 0 Å². The third-order valence-electron chi connectivity index (χ3n) is 6.67. The SMILES string of the molecule is CC(=O)OC[C@H]1O[C@H](SC[C@@]23OC[C@H]4OC(C)(C)O[C@H]4[C@@H]2OC(C)(C)O3)[C@H](OC(C)=O)[C@@H](OC(C)=O)[C@@H]1OC(C)=O. The van der Waals surface area contributed by atoms with E-state index in [2.05, 4.69) is 0 Å². The molecule has 0 aromatic carbocycles. The maximum absolute atomic E-state index is 12.2. The summed E-state index contributed by atoms with van der Waals surface area (Å²) in [4.78, 5) is 47.9. The summed E-state index contributed by atoms with van der Waals surface area (Å²) in [5, 5.41) is 0. The van der Waals surface area contributed by atoms with Gasteiger partial charge in [-0.15, -0.1) is 11.8 Å². The molecule has 0 spiro atoms. The summed E-state index contributed by atoms with van der Waals surface area (Å²) in [7, 11) is 0. The lowest BCUT2D eigenvalue weighted by Gasteiger charge is -2.45. The van der Waals surface area contributed by atoms with Gasteiger partial charge in [0.25, 0.3) is 0 Å². The molecule has 4 aliphatic rings. The van der Waals surface area contributed by atoms with E-state index in [1.165, 1.54) is 20.8 Å². The summed E-state index contributed by atoms with van der Waals surface area (Å²) in [5.74, 6) is -5.79. The fourth-order valence-corrected chi connectivity index (χ4v) is 6.79. The molecule has 0 unspecified atom stereocenters. The second-order valence-electron chi connectivity index (χ2n) is 11.2. The zero-order chi connectivity index (χ0) is 30.3. The van der Waals surface area contributed by atoms with Crippen molar-refractivity contribution in [1.29, 1.82) is 0 Å². The lowest BCUT2D eigenvalue weighted by Crippen LogP contribution is -2.63. The zero-order valence-electron chi connectivity index (χ0n) is 24.4. The maximum Gasteiger partial charge on any atom is 0.303 e. The number of fused-ring (bicyclic) bond motifs is 3. The van der Waals surface area contributed by atoms with Gasteiger partial charge in [0.05, 0.1) is 12.4 Å². The molecule has 0 amide bonds. The molecule has 41 heavy (non-hydrogen) atoms. The van der Waals surface area contributed by atoms with Crippen LogP contribution in [0.1, 0.15) is 55.4 Å². The summed E-state index contributed by atoms with van der Waals surface area (Å²) < 4.78 is 58.8. The first kappa shape index (κ1) is 31.9. The molecule has 0 aliphatic carbocycles. The number of esters is 4. The lowest BCUT2D eigenvalue weighted by molar-refractivity contribution is -0.268. The van der Waals surface area contributed by atoms with E-state index in [1.54, 1.807) is 27.7 Å². The molecular formula is C26H38O14S. The minimum Gasteiger partial charge on any atom is -0.463 e.